The fourth-order valence-corrected chi connectivity index (χ4v) is 2.35. The monoisotopic (exact) mass is 195 g/mol. The van der Waals surface area contributed by atoms with E-state index >= 15 is 0 Å². The van der Waals surface area contributed by atoms with Crippen molar-refractivity contribution in [3.63, 3.8) is 0 Å². The smallest absolute Gasteiger partial charge is 0.0108 e. The molecular weight excluding hydrogens is 178 g/mol. The molecule has 72 valence electrons. The van der Waals surface area contributed by atoms with Gasteiger partial charge in [0.1, 0.15) is 0 Å². The Morgan fingerprint density at radius 1 is 1.46 bits per heavy atom. The Bertz CT molecular complexity index is 251. The summed E-state index contributed by atoms with van der Waals surface area (Å²) < 4.78 is 0. The Balaban J connectivity index is 1.91. The minimum atomic E-state index is 0.613. The van der Waals surface area contributed by atoms with Crippen LogP contribution in [0.25, 0.3) is 0 Å². The fourth-order valence-electron chi connectivity index (χ4n) is 1.59. The van der Waals surface area contributed by atoms with Crippen molar-refractivity contribution in [1.29, 1.82) is 0 Å². The van der Waals surface area contributed by atoms with Crippen LogP contribution in [0.15, 0.2) is 16.8 Å². The molecule has 0 radical (unpaired) electrons. The molecule has 1 aromatic heterocycles. The molecule has 0 amide bonds. The third kappa shape index (κ3) is 2.32. The first kappa shape index (κ1) is 9.22. The molecule has 1 saturated carbocycles. The lowest BCUT2D eigenvalue weighted by Crippen LogP contribution is -2.32. The van der Waals surface area contributed by atoms with Crippen LogP contribution in [0.4, 0.5) is 0 Å². The van der Waals surface area contributed by atoms with Crippen LogP contribution in [-0.2, 0) is 0 Å². The second kappa shape index (κ2) is 3.81. The predicted molar refractivity (Wildman–Crippen MR) is 58.4 cm³/mol. The van der Waals surface area contributed by atoms with Crippen molar-refractivity contribution < 1.29 is 0 Å². The quantitative estimate of drug-likeness (QED) is 0.779. The van der Waals surface area contributed by atoms with Gasteiger partial charge < -0.3 is 5.32 Å². The van der Waals surface area contributed by atoms with E-state index in [1.807, 2.05) is 0 Å². The van der Waals surface area contributed by atoms with Crippen molar-refractivity contribution >= 4 is 11.3 Å². The zero-order valence-electron chi connectivity index (χ0n) is 8.29. The van der Waals surface area contributed by atoms with Crippen LogP contribution in [0.3, 0.4) is 0 Å². The number of hydrogen-bond acceptors (Lipinski definition) is 2. The minimum Gasteiger partial charge on any atom is -0.311 e. The van der Waals surface area contributed by atoms with Crippen LogP contribution < -0.4 is 5.32 Å². The summed E-state index contributed by atoms with van der Waals surface area (Å²) in [7, 11) is 0. The van der Waals surface area contributed by atoms with Crippen LogP contribution >= 0.6 is 11.3 Å². The van der Waals surface area contributed by atoms with Gasteiger partial charge in [0.05, 0.1) is 0 Å². The average Bonchev–Trinajstić information content (AvgIpc) is 2.78. The molecule has 0 aliphatic heterocycles. The standard InChI is InChI=1S/C11H17NS/c1-8(10-5-6-13-7-10)9(2)12-11-3-4-11/h5-9,11-12H,3-4H2,1-2H3. The molecule has 0 aromatic carbocycles. The highest BCUT2D eigenvalue weighted by Crippen LogP contribution is 2.25. The van der Waals surface area contributed by atoms with Gasteiger partial charge in [-0.15, -0.1) is 0 Å². The van der Waals surface area contributed by atoms with Crippen molar-refractivity contribution in [2.75, 3.05) is 0 Å². The molecule has 0 bridgehead atoms. The van der Waals surface area contributed by atoms with E-state index in [-0.39, 0.29) is 0 Å². The summed E-state index contributed by atoms with van der Waals surface area (Å²) in [6.45, 7) is 4.60. The number of hydrogen-bond donors (Lipinski definition) is 1. The highest BCUT2D eigenvalue weighted by atomic mass is 32.1. The minimum absolute atomic E-state index is 0.613. The molecular formula is C11H17NS. The predicted octanol–water partition coefficient (Wildman–Crippen LogP) is 2.99. The van der Waals surface area contributed by atoms with Crippen molar-refractivity contribution in [3.05, 3.63) is 22.4 Å². The molecule has 1 heterocycles. The number of rotatable bonds is 4. The van der Waals surface area contributed by atoms with Gasteiger partial charge in [0.2, 0.25) is 0 Å². The summed E-state index contributed by atoms with van der Waals surface area (Å²) in [6.07, 6.45) is 2.75. The molecule has 2 heteroatoms. The maximum atomic E-state index is 3.65. The van der Waals surface area contributed by atoms with E-state index in [1.165, 1.54) is 18.4 Å². The normalized spacial score (nSPS) is 21.4. The topological polar surface area (TPSA) is 12.0 Å². The molecule has 1 aliphatic rings. The number of thiophene rings is 1. The number of nitrogens with one attached hydrogen (secondary N) is 1. The Morgan fingerprint density at radius 3 is 2.77 bits per heavy atom. The summed E-state index contributed by atoms with van der Waals surface area (Å²) in [5.74, 6) is 0.645. The summed E-state index contributed by atoms with van der Waals surface area (Å²) in [5, 5.41) is 8.07. The van der Waals surface area contributed by atoms with Gasteiger partial charge in [0.25, 0.3) is 0 Å². The molecule has 1 aliphatic carbocycles. The van der Waals surface area contributed by atoms with E-state index in [9.17, 15) is 0 Å². The Kier molecular flexibility index (Phi) is 2.70. The lowest BCUT2D eigenvalue weighted by Gasteiger charge is -2.20. The molecule has 0 saturated heterocycles. The fraction of sp³-hybridized carbons (Fsp3) is 0.636. The second-order valence-electron chi connectivity index (χ2n) is 4.07. The van der Waals surface area contributed by atoms with Gasteiger partial charge in [-0.1, -0.05) is 6.92 Å². The van der Waals surface area contributed by atoms with Crippen LogP contribution in [0.1, 0.15) is 38.2 Å². The molecule has 0 spiro atoms. The van der Waals surface area contributed by atoms with E-state index in [0.29, 0.717) is 12.0 Å². The Hall–Kier alpha value is -0.340. The highest BCUT2D eigenvalue weighted by molar-refractivity contribution is 7.07. The van der Waals surface area contributed by atoms with Crippen molar-refractivity contribution in [2.24, 2.45) is 0 Å². The van der Waals surface area contributed by atoms with Crippen molar-refractivity contribution in [2.45, 2.75) is 44.7 Å². The molecule has 1 N–H and O–H groups in total. The van der Waals surface area contributed by atoms with Crippen molar-refractivity contribution in [3.8, 4) is 0 Å². The SMILES string of the molecule is CC(NC1CC1)C(C)c1ccsc1. The third-order valence-electron chi connectivity index (χ3n) is 2.89. The van der Waals surface area contributed by atoms with Gasteiger partial charge in [-0.05, 0) is 48.1 Å². The third-order valence-corrected chi connectivity index (χ3v) is 3.60. The zero-order chi connectivity index (χ0) is 9.26. The van der Waals surface area contributed by atoms with Crippen molar-refractivity contribution in [1.82, 2.24) is 5.32 Å². The van der Waals surface area contributed by atoms with Gasteiger partial charge >= 0.3 is 0 Å². The zero-order valence-corrected chi connectivity index (χ0v) is 9.10. The van der Waals surface area contributed by atoms with E-state index in [0.717, 1.165) is 6.04 Å². The molecule has 13 heavy (non-hydrogen) atoms. The molecule has 2 atom stereocenters. The lowest BCUT2D eigenvalue weighted by molar-refractivity contribution is 0.479. The largest absolute Gasteiger partial charge is 0.311 e. The molecule has 2 rings (SSSR count). The van der Waals surface area contributed by atoms with Crippen LogP contribution in [0.2, 0.25) is 0 Å². The van der Waals surface area contributed by atoms with Gasteiger partial charge in [-0.25, -0.2) is 0 Å². The van der Waals surface area contributed by atoms with E-state index < -0.39 is 0 Å². The van der Waals surface area contributed by atoms with E-state index in [2.05, 4.69) is 36.0 Å². The Labute approximate surface area is 84.2 Å². The molecule has 1 fully saturated rings. The first-order valence-electron chi connectivity index (χ1n) is 5.05. The second-order valence-corrected chi connectivity index (χ2v) is 4.86. The maximum absolute atomic E-state index is 3.65. The molecule has 1 aromatic rings. The first-order valence-corrected chi connectivity index (χ1v) is 6.00. The summed E-state index contributed by atoms with van der Waals surface area (Å²) in [6, 6.07) is 3.67. The van der Waals surface area contributed by atoms with Gasteiger partial charge in [0.15, 0.2) is 0 Å². The molecule has 2 unspecified atom stereocenters. The lowest BCUT2D eigenvalue weighted by atomic mass is 9.97. The summed E-state index contributed by atoms with van der Waals surface area (Å²) in [5.41, 5.74) is 1.48. The van der Waals surface area contributed by atoms with Crippen LogP contribution in [-0.4, -0.2) is 12.1 Å². The van der Waals surface area contributed by atoms with E-state index in [1.54, 1.807) is 11.3 Å². The van der Waals surface area contributed by atoms with Gasteiger partial charge in [0, 0.05) is 12.1 Å². The highest BCUT2D eigenvalue weighted by Gasteiger charge is 2.25. The first-order chi connectivity index (χ1) is 6.27. The Morgan fingerprint density at radius 2 is 2.23 bits per heavy atom. The van der Waals surface area contributed by atoms with E-state index in [4.69, 9.17) is 0 Å². The summed E-state index contributed by atoms with van der Waals surface area (Å²) in [4.78, 5) is 0. The average molecular weight is 195 g/mol. The van der Waals surface area contributed by atoms with Crippen LogP contribution in [0, 0.1) is 0 Å². The maximum Gasteiger partial charge on any atom is 0.0108 e. The summed E-state index contributed by atoms with van der Waals surface area (Å²) >= 11 is 1.79. The van der Waals surface area contributed by atoms with Gasteiger partial charge in [-0.3, -0.25) is 0 Å². The van der Waals surface area contributed by atoms with Gasteiger partial charge in [-0.2, -0.15) is 11.3 Å². The van der Waals surface area contributed by atoms with Crippen LogP contribution in [0.5, 0.6) is 0 Å². The molecule has 1 nitrogen and oxygen atoms in total.